The summed E-state index contributed by atoms with van der Waals surface area (Å²) in [5.41, 5.74) is 2.23. The van der Waals surface area contributed by atoms with Crippen molar-refractivity contribution in [3.63, 3.8) is 0 Å². The van der Waals surface area contributed by atoms with E-state index in [1.54, 1.807) is 0 Å². The average molecular weight is 1150 g/mol. The number of amides is 2. The Balaban J connectivity index is 1.80. The molecule has 0 aromatic heterocycles. The molecule has 0 aliphatic carbocycles. The number of fused-ring (bicyclic) bond motifs is 2. The number of ether oxygens (including phenoxy) is 7. The predicted octanol–water partition coefficient (Wildman–Crippen LogP) is 10.5. The standard InChI is InChI=1S/C54H72N2O13S6/c1-51(2,3)33-23-37-47-38(24-33)71-42-28-36(54(10,11)12)30-44(50(42)69-32-46(58)56-75(14,61)62)73-40-26-34(52(4,5)6)25-39(48(40)67-22-20-65-18-16-63-15-17-64-19-21-66-47)72-43-29-35(53(7,8)9)27-41(70-37)49(43)68-31-45(57)55-74(13,59)60/h23-30H,15-22,31-32H2,1-14H3,(H,55,57)(H,56,58). The molecule has 4 aromatic carbocycles. The Hall–Kier alpha value is -3.80. The van der Waals surface area contributed by atoms with Crippen LogP contribution in [0.3, 0.4) is 0 Å². The van der Waals surface area contributed by atoms with Crippen molar-refractivity contribution in [3.8, 4) is 23.0 Å². The second kappa shape index (κ2) is 24.5. The van der Waals surface area contributed by atoms with Gasteiger partial charge in [0.1, 0.15) is 36.2 Å². The van der Waals surface area contributed by atoms with E-state index in [0.717, 1.165) is 34.8 Å². The zero-order valence-corrected chi connectivity index (χ0v) is 50.3. The minimum Gasteiger partial charge on any atom is -0.489 e. The quantitative estimate of drug-likeness (QED) is 0.149. The van der Waals surface area contributed by atoms with Crippen LogP contribution in [-0.2, 0) is 65.5 Å². The third-order valence-corrected chi connectivity index (χ3v) is 16.8. The van der Waals surface area contributed by atoms with Gasteiger partial charge in [0, 0.05) is 0 Å². The maximum atomic E-state index is 13.4. The van der Waals surface area contributed by atoms with Crippen molar-refractivity contribution < 1.29 is 59.6 Å². The van der Waals surface area contributed by atoms with Crippen LogP contribution in [-0.4, -0.2) is 107 Å². The van der Waals surface area contributed by atoms with E-state index in [1.807, 2.05) is 24.3 Å². The van der Waals surface area contributed by atoms with Gasteiger partial charge in [-0.15, -0.1) is 0 Å². The summed E-state index contributed by atoms with van der Waals surface area (Å²) in [7, 11) is -7.83. The second-order valence-electron chi connectivity index (χ2n) is 22.3. The highest BCUT2D eigenvalue weighted by Crippen LogP contribution is 2.56. The maximum absolute atomic E-state index is 13.4. The van der Waals surface area contributed by atoms with Crippen molar-refractivity contribution in [1.82, 2.24) is 9.44 Å². The second-order valence-corrected chi connectivity index (χ2v) is 30.2. The molecule has 2 amide bonds. The van der Waals surface area contributed by atoms with Crippen molar-refractivity contribution in [1.29, 1.82) is 0 Å². The molecular formula is C54H72N2O13S6. The first-order valence-electron chi connectivity index (χ1n) is 24.5. The van der Waals surface area contributed by atoms with E-state index in [0.29, 0.717) is 88.6 Å². The van der Waals surface area contributed by atoms with Crippen molar-refractivity contribution in [2.45, 2.75) is 144 Å². The van der Waals surface area contributed by atoms with Gasteiger partial charge >= 0.3 is 0 Å². The SMILES string of the molecule is CC(C)(C)c1cc2c3c(c1)Sc1cc(C(C)(C)C)cc(c1OCC(=O)NS(C)(=O)=O)Sc1cc(C(C)(C)C)cc(c1OCCOCCOCCOCCO3)Sc1cc(C(C)(C)C)cc(c1OCC(=O)NS(C)(=O)=O)S2. The largest absolute Gasteiger partial charge is 0.489 e. The Morgan fingerprint density at radius 3 is 0.880 bits per heavy atom. The molecule has 6 rings (SSSR count). The van der Waals surface area contributed by atoms with Crippen molar-refractivity contribution in [2.75, 3.05) is 78.6 Å². The molecule has 15 nitrogen and oxygen atoms in total. The van der Waals surface area contributed by atoms with Gasteiger partial charge in [-0.25, -0.2) is 16.8 Å². The minimum atomic E-state index is -3.91. The zero-order valence-electron chi connectivity index (χ0n) is 45.4. The fourth-order valence-corrected chi connectivity index (χ4v) is 13.1. The molecule has 2 aliphatic rings. The van der Waals surface area contributed by atoms with Gasteiger partial charge in [-0.05, 0) is 92.4 Å². The Kier molecular flexibility index (Phi) is 19.7. The van der Waals surface area contributed by atoms with Gasteiger partial charge in [0.05, 0.1) is 91.3 Å². The highest BCUT2D eigenvalue weighted by Gasteiger charge is 2.31. The summed E-state index contributed by atoms with van der Waals surface area (Å²) in [6, 6.07) is 16.5. The Morgan fingerprint density at radius 1 is 0.427 bits per heavy atom. The highest BCUT2D eigenvalue weighted by molar-refractivity contribution is 8.01. The van der Waals surface area contributed by atoms with Gasteiger partial charge in [0.2, 0.25) is 20.0 Å². The first-order chi connectivity index (χ1) is 34.7. The molecule has 412 valence electrons. The van der Waals surface area contributed by atoms with Crippen LogP contribution >= 0.6 is 47.0 Å². The van der Waals surface area contributed by atoms with Crippen LogP contribution < -0.4 is 28.4 Å². The van der Waals surface area contributed by atoms with Crippen LogP contribution in [0.4, 0.5) is 0 Å². The normalized spacial score (nSPS) is 15.7. The summed E-state index contributed by atoms with van der Waals surface area (Å²) < 4.78 is 98.1. The summed E-state index contributed by atoms with van der Waals surface area (Å²) >= 11 is 5.56. The van der Waals surface area contributed by atoms with Gasteiger partial charge in [0.15, 0.2) is 13.2 Å². The highest BCUT2D eigenvalue weighted by atomic mass is 32.2. The topological polar surface area (TPSA) is 191 Å². The first-order valence-corrected chi connectivity index (χ1v) is 31.5. The summed E-state index contributed by atoms with van der Waals surface area (Å²) in [4.78, 5) is 32.0. The first kappa shape index (κ1) is 60.4. The Bertz CT molecular complexity index is 2680. The monoisotopic (exact) mass is 1150 g/mol. The maximum Gasteiger partial charge on any atom is 0.271 e. The predicted molar refractivity (Wildman–Crippen MR) is 297 cm³/mol. The van der Waals surface area contributed by atoms with E-state index in [2.05, 4.69) is 117 Å². The van der Waals surface area contributed by atoms with Crippen molar-refractivity contribution in [3.05, 3.63) is 70.8 Å². The molecule has 21 heteroatoms. The molecule has 0 radical (unpaired) electrons. The molecule has 2 heterocycles. The van der Waals surface area contributed by atoms with Crippen LogP contribution in [0.15, 0.2) is 87.7 Å². The summed E-state index contributed by atoms with van der Waals surface area (Å²) in [6.45, 7) is 26.2. The number of sulfonamides is 2. The van der Waals surface area contributed by atoms with E-state index in [1.165, 1.54) is 47.0 Å². The third kappa shape index (κ3) is 17.6. The number of rotatable bonds is 8. The van der Waals surface area contributed by atoms with Crippen LogP contribution in [0.5, 0.6) is 23.0 Å². The van der Waals surface area contributed by atoms with Crippen LogP contribution in [0.25, 0.3) is 0 Å². The summed E-state index contributed by atoms with van der Waals surface area (Å²) in [6.07, 6.45) is 1.83. The van der Waals surface area contributed by atoms with Gasteiger partial charge in [-0.2, -0.15) is 0 Å². The number of carbonyl (C=O) groups is 2. The molecule has 2 aliphatic heterocycles. The molecule has 0 spiro atoms. The van der Waals surface area contributed by atoms with Gasteiger partial charge in [-0.3, -0.25) is 19.0 Å². The molecule has 2 N–H and O–H groups in total. The molecular weight excluding hydrogens is 1080 g/mol. The smallest absolute Gasteiger partial charge is 0.271 e. The van der Waals surface area contributed by atoms with Crippen LogP contribution in [0, 0.1) is 0 Å². The van der Waals surface area contributed by atoms with Crippen molar-refractivity contribution >= 4 is 78.9 Å². The molecule has 0 fully saturated rings. The zero-order chi connectivity index (χ0) is 55.3. The van der Waals surface area contributed by atoms with E-state index < -0.39 is 66.7 Å². The van der Waals surface area contributed by atoms with Crippen molar-refractivity contribution in [2.24, 2.45) is 0 Å². The van der Waals surface area contributed by atoms with E-state index in [-0.39, 0.29) is 26.4 Å². The van der Waals surface area contributed by atoms with Crippen LogP contribution in [0.1, 0.15) is 105 Å². The number of benzene rings is 4. The summed E-state index contributed by atoms with van der Waals surface area (Å²) in [5.74, 6) is 0.00551. The average Bonchev–Trinajstić information content (AvgIpc) is 3.25. The van der Waals surface area contributed by atoms with Crippen LogP contribution in [0.2, 0.25) is 0 Å². The van der Waals surface area contributed by atoms with Gasteiger partial charge in [-0.1, -0.05) is 130 Å². The van der Waals surface area contributed by atoms with Gasteiger partial charge < -0.3 is 33.2 Å². The lowest BCUT2D eigenvalue weighted by Gasteiger charge is -2.28. The molecule has 0 saturated heterocycles. The Morgan fingerprint density at radius 2 is 0.653 bits per heavy atom. The molecule has 75 heavy (non-hydrogen) atoms. The Labute approximate surface area is 461 Å². The molecule has 10 bridgehead atoms. The fraction of sp³-hybridized carbons (Fsp3) is 0.519. The number of hydrogen-bond acceptors (Lipinski definition) is 17. The lowest BCUT2D eigenvalue weighted by Crippen LogP contribution is -2.33. The molecule has 0 saturated carbocycles. The lowest BCUT2D eigenvalue weighted by atomic mass is 9.87. The number of carbonyl (C=O) groups excluding carboxylic acids is 2. The molecule has 0 unspecified atom stereocenters. The third-order valence-electron chi connectivity index (χ3n) is 11.4. The van der Waals surface area contributed by atoms with Gasteiger partial charge in [0.25, 0.3) is 11.8 Å². The minimum absolute atomic E-state index is 0.142. The summed E-state index contributed by atoms with van der Waals surface area (Å²) in [5, 5.41) is 0. The molecule has 4 aromatic rings. The fourth-order valence-electron chi connectivity index (χ4n) is 7.38. The van der Waals surface area contributed by atoms with E-state index in [4.69, 9.17) is 33.2 Å². The van der Waals surface area contributed by atoms with E-state index >= 15 is 0 Å². The van der Waals surface area contributed by atoms with E-state index in [9.17, 15) is 26.4 Å². The number of hydrogen-bond donors (Lipinski definition) is 2. The number of nitrogens with one attached hydrogen (secondary N) is 2. The molecule has 0 atom stereocenters. The lowest BCUT2D eigenvalue weighted by molar-refractivity contribution is -0.122.